The number of nitrogens with zero attached hydrogens (tertiary/aromatic N) is 1. The minimum Gasteiger partial charge on any atom is -0.496 e. The summed E-state index contributed by atoms with van der Waals surface area (Å²) in [5.74, 6) is 1.27. The molecule has 0 saturated heterocycles. The summed E-state index contributed by atoms with van der Waals surface area (Å²) < 4.78 is 5.48. The van der Waals surface area contributed by atoms with Gasteiger partial charge in [-0.05, 0) is 10.9 Å². The molecular formula is C15H18ClN3O. The highest BCUT2D eigenvalue weighted by Gasteiger charge is 2.30. The average molecular weight is 292 g/mol. The fraction of sp³-hybridized carbons (Fsp3) is 0.267. The van der Waals surface area contributed by atoms with Gasteiger partial charge in [-0.2, -0.15) is 0 Å². The van der Waals surface area contributed by atoms with Gasteiger partial charge in [0.15, 0.2) is 5.96 Å². The standard InChI is InChI=1S/C15H17N3O.ClH/c1-9-8-18(15(16)17)12-7-13(19-2)10-5-3-4-6-11(10)14(9)12;/h3-7,9H,8H2,1-2H3,(H3,16,17);1H. The number of hydrogen-bond donors (Lipinski definition) is 2. The van der Waals surface area contributed by atoms with Crippen LogP contribution in [-0.4, -0.2) is 19.6 Å². The number of nitrogens with one attached hydrogen (secondary N) is 1. The van der Waals surface area contributed by atoms with Crippen molar-refractivity contribution in [1.82, 2.24) is 0 Å². The van der Waals surface area contributed by atoms with Crippen molar-refractivity contribution in [2.75, 3.05) is 18.6 Å². The second-order valence-corrected chi connectivity index (χ2v) is 4.95. The van der Waals surface area contributed by atoms with Gasteiger partial charge in [-0.1, -0.05) is 31.2 Å². The van der Waals surface area contributed by atoms with Crippen LogP contribution in [0.25, 0.3) is 10.8 Å². The second kappa shape index (κ2) is 5.21. The van der Waals surface area contributed by atoms with E-state index in [1.54, 1.807) is 7.11 Å². The molecule has 2 aromatic rings. The summed E-state index contributed by atoms with van der Waals surface area (Å²) in [7, 11) is 1.67. The molecule has 1 heterocycles. The van der Waals surface area contributed by atoms with E-state index in [4.69, 9.17) is 15.9 Å². The number of guanidine groups is 1. The van der Waals surface area contributed by atoms with E-state index in [1.807, 2.05) is 23.1 Å². The van der Waals surface area contributed by atoms with E-state index >= 15 is 0 Å². The molecule has 5 heteroatoms. The summed E-state index contributed by atoms with van der Waals surface area (Å²) in [5, 5.41) is 10.0. The van der Waals surface area contributed by atoms with E-state index in [2.05, 4.69) is 19.1 Å². The van der Waals surface area contributed by atoms with Gasteiger partial charge in [0.2, 0.25) is 0 Å². The Bertz CT molecular complexity index is 671. The van der Waals surface area contributed by atoms with E-state index in [0.29, 0.717) is 5.92 Å². The molecule has 3 rings (SSSR count). The fourth-order valence-electron chi connectivity index (χ4n) is 2.95. The SMILES string of the molecule is COc1cc2c(c3ccccc13)C(C)CN2C(=N)N.Cl. The van der Waals surface area contributed by atoms with Gasteiger partial charge in [-0.15, -0.1) is 12.4 Å². The number of rotatable bonds is 1. The number of ether oxygens (including phenoxy) is 1. The zero-order valence-electron chi connectivity index (χ0n) is 11.5. The van der Waals surface area contributed by atoms with Crippen LogP contribution in [0.4, 0.5) is 5.69 Å². The van der Waals surface area contributed by atoms with Crippen molar-refractivity contribution < 1.29 is 4.74 Å². The number of benzene rings is 2. The Morgan fingerprint density at radius 3 is 2.60 bits per heavy atom. The summed E-state index contributed by atoms with van der Waals surface area (Å²) in [6.07, 6.45) is 0. The molecule has 2 aromatic carbocycles. The third-order valence-corrected chi connectivity index (χ3v) is 3.78. The maximum absolute atomic E-state index is 7.71. The predicted octanol–water partition coefficient (Wildman–Crippen LogP) is 3.09. The van der Waals surface area contributed by atoms with Crippen molar-refractivity contribution in [2.24, 2.45) is 5.73 Å². The molecule has 1 atom stereocenters. The highest BCUT2D eigenvalue weighted by atomic mass is 35.5. The van der Waals surface area contributed by atoms with Gasteiger partial charge >= 0.3 is 0 Å². The maximum atomic E-state index is 7.71. The van der Waals surface area contributed by atoms with E-state index in [9.17, 15) is 0 Å². The van der Waals surface area contributed by atoms with E-state index < -0.39 is 0 Å². The lowest BCUT2D eigenvalue weighted by Gasteiger charge is -2.18. The number of nitrogens with two attached hydrogens (primary N) is 1. The molecule has 0 spiro atoms. The maximum Gasteiger partial charge on any atom is 0.192 e. The fourth-order valence-corrected chi connectivity index (χ4v) is 2.95. The monoisotopic (exact) mass is 291 g/mol. The van der Waals surface area contributed by atoms with Crippen LogP contribution >= 0.6 is 12.4 Å². The van der Waals surface area contributed by atoms with Crippen molar-refractivity contribution >= 4 is 34.8 Å². The first-order chi connectivity index (χ1) is 9.13. The first-order valence-electron chi connectivity index (χ1n) is 6.34. The van der Waals surface area contributed by atoms with Gasteiger partial charge in [-0.3, -0.25) is 5.41 Å². The summed E-state index contributed by atoms with van der Waals surface area (Å²) >= 11 is 0. The molecule has 106 valence electrons. The third kappa shape index (κ3) is 1.96. The third-order valence-electron chi connectivity index (χ3n) is 3.78. The lowest BCUT2D eigenvalue weighted by Crippen LogP contribution is -2.35. The molecule has 0 amide bonds. The molecule has 0 fully saturated rings. The Morgan fingerprint density at radius 2 is 2.00 bits per heavy atom. The molecule has 0 aromatic heterocycles. The van der Waals surface area contributed by atoms with Gasteiger partial charge in [0.1, 0.15) is 5.75 Å². The lowest BCUT2D eigenvalue weighted by molar-refractivity contribution is 0.420. The molecule has 20 heavy (non-hydrogen) atoms. The van der Waals surface area contributed by atoms with Crippen LogP contribution in [-0.2, 0) is 0 Å². The number of hydrogen-bond acceptors (Lipinski definition) is 2. The van der Waals surface area contributed by atoms with Crippen molar-refractivity contribution in [1.29, 1.82) is 5.41 Å². The average Bonchev–Trinajstić information content (AvgIpc) is 2.75. The lowest BCUT2D eigenvalue weighted by atomic mass is 9.95. The van der Waals surface area contributed by atoms with Gasteiger partial charge in [0.25, 0.3) is 0 Å². The van der Waals surface area contributed by atoms with Gasteiger partial charge < -0.3 is 15.4 Å². The number of fused-ring (bicyclic) bond motifs is 3. The Morgan fingerprint density at radius 1 is 1.35 bits per heavy atom. The summed E-state index contributed by atoms with van der Waals surface area (Å²) in [6.45, 7) is 2.92. The molecule has 3 N–H and O–H groups in total. The molecule has 0 bridgehead atoms. The van der Waals surface area contributed by atoms with Crippen LogP contribution in [0, 0.1) is 5.41 Å². The summed E-state index contributed by atoms with van der Waals surface area (Å²) in [6, 6.07) is 10.2. The van der Waals surface area contributed by atoms with E-state index in [-0.39, 0.29) is 18.4 Å². The molecule has 1 aliphatic heterocycles. The first kappa shape index (κ1) is 14.5. The molecule has 0 aliphatic carbocycles. The highest BCUT2D eigenvalue weighted by Crippen LogP contribution is 2.44. The zero-order valence-corrected chi connectivity index (χ0v) is 12.3. The highest BCUT2D eigenvalue weighted by molar-refractivity contribution is 6.03. The first-order valence-corrected chi connectivity index (χ1v) is 6.34. The molecule has 1 aliphatic rings. The Kier molecular flexibility index (Phi) is 3.77. The number of halogens is 1. The van der Waals surface area contributed by atoms with Crippen LogP contribution in [0.2, 0.25) is 0 Å². The minimum atomic E-state index is 0. The largest absolute Gasteiger partial charge is 0.496 e. The van der Waals surface area contributed by atoms with Gasteiger partial charge in [0.05, 0.1) is 12.8 Å². The van der Waals surface area contributed by atoms with Crippen LogP contribution in [0.15, 0.2) is 30.3 Å². The Balaban J connectivity index is 0.00000147. The van der Waals surface area contributed by atoms with Gasteiger partial charge in [0, 0.05) is 23.9 Å². The van der Waals surface area contributed by atoms with Crippen LogP contribution in [0.1, 0.15) is 18.4 Å². The molecule has 4 nitrogen and oxygen atoms in total. The van der Waals surface area contributed by atoms with Crippen molar-refractivity contribution in [3.05, 3.63) is 35.9 Å². The van der Waals surface area contributed by atoms with Crippen molar-refractivity contribution in [2.45, 2.75) is 12.8 Å². The molecule has 1 unspecified atom stereocenters. The van der Waals surface area contributed by atoms with Crippen LogP contribution < -0.4 is 15.4 Å². The van der Waals surface area contributed by atoms with E-state index in [0.717, 1.165) is 23.4 Å². The molecule has 0 radical (unpaired) electrons. The topological polar surface area (TPSA) is 62.3 Å². The quantitative estimate of drug-likeness (QED) is 0.627. The predicted molar refractivity (Wildman–Crippen MR) is 85.4 cm³/mol. The normalized spacial score (nSPS) is 16.7. The summed E-state index contributed by atoms with van der Waals surface area (Å²) in [4.78, 5) is 1.84. The van der Waals surface area contributed by atoms with Crippen LogP contribution in [0.5, 0.6) is 5.75 Å². The smallest absolute Gasteiger partial charge is 0.192 e. The summed E-state index contributed by atoms with van der Waals surface area (Å²) in [5.41, 5.74) is 7.93. The number of anilines is 1. The van der Waals surface area contributed by atoms with Gasteiger partial charge in [-0.25, -0.2) is 0 Å². The molecular weight excluding hydrogens is 274 g/mol. The van der Waals surface area contributed by atoms with E-state index in [1.165, 1.54) is 10.9 Å². The minimum absolute atomic E-state index is 0. The van der Waals surface area contributed by atoms with Crippen molar-refractivity contribution in [3.8, 4) is 5.75 Å². The Labute approximate surface area is 124 Å². The van der Waals surface area contributed by atoms with Crippen molar-refractivity contribution in [3.63, 3.8) is 0 Å². The van der Waals surface area contributed by atoms with Crippen LogP contribution in [0.3, 0.4) is 0 Å². The number of methoxy groups -OCH3 is 1. The second-order valence-electron chi connectivity index (χ2n) is 4.95. The molecule has 0 saturated carbocycles. The zero-order chi connectivity index (χ0) is 13.6. The Hall–Kier alpha value is -1.94.